The van der Waals surface area contributed by atoms with Crippen molar-refractivity contribution < 1.29 is 19.4 Å². The number of nitrogens with one attached hydrogen (secondary N) is 1. The van der Waals surface area contributed by atoms with Gasteiger partial charge in [-0.2, -0.15) is 0 Å². The number of aliphatic hydroxyl groups excluding tert-OH is 1. The highest BCUT2D eigenvalue weighted by Crippen LogP contribution is 2.40. The van der Waals surface area contributed by atoms with Gasteiger partial charge in [0.15, 0.2) is 6.10 Å². The maximum Gasteiger partial charge on any atom is 0.255 e. The summed E-state index contributed by atoms with van der Waals surface area (Å²) in [7, 11) is 5.03. The number of carbonyl (C=O) groups is 1. The number of ether oxygens (including phenoxy) is 2. The zero-order chi connectivity index (χ0) is 24.6. The maximum absolute atomic E-state index is 12.9. The molecule has 4 aromatic rings. The van der Waals surface area contributed by atoms with Gasteiger partial charge >= 0.3 is 0 Å². The standard InChI is InChI=1S/C28H29N3O4/c1-31(17-28(35-3)11-12-28)27(33)25(32)19-8-6-7-18(13-19)20-14-22-23(16-30-26(22)29-15-20)21-9-4-5-10-24(21)34-2/h4-10,13-16,25,32H,11-12,17H2,1-3H3,(H,29,30). The molecule has 0 saturated heterocycles. The highest BCUT2D eigenvalue weighted by atomic mass is 16.5. The van der Waals surface area contributed by atoms with Crippen LogP contribution in [0, 0.1) is 0 Å². The summed E-state index contributed by atoms with van der Waals surface area (Å²) < 4.78 is 11.1. The second-order valence-corrected chi connectivity index (χ2v) is 9.13. The molecule has 0 spiro atoms. The molecule has 2 heterocycles. The number of hydrogen-bond acceptors (Lipinski definition) is 5. The summed E-state index contributed by atoms with van der Waals surface area (Å²) in [4.78, 5) is 22.3. The highest BCUT2D eigenvalue weighted by molar-refractivity contribution is 5.97. The predicted molar refractivity (Wildman–Crippen MR) is 135 cm³/mol. The van der Waals surface area contributed by atoms with Gasteiger partial charge in [0.1, 0.15) is 11.4 Å². The lowest BCUT2D eigenvalue weighted by atomic mass is 9.99. The molecule has 5 rings (SSSR count). The van der Waals surface area contributed by atoms with Crippen molar-refractivity contribution in [1.82, 2.24) is 14.9 Å². The predicted octanol–water partition coefficient (Wildman–Crippen LogP) is 4.58. The van der Waals surface area contributed by atoms with E-state index in [0.29, 0.717) is 12.1 Å². The lowest BCUT2D eigenvalue weighted by Crippen LogP contribution is -2.39. The number of benzene rings is 2. The Kier molecular flexibility index (Phi) is 6.05. The molecular weight excluding hydrogens is 442 g/mol. The van der Waals surface area contributed by atoms with E-state index in [1.54, 1.807) is 38.4 Å². The van der Waals surface area contributed by atoms with Gasteiger partial charge < -0.3 is 24.5 Å². The number of carbonyl (C=O) groups excluding carboxylic acids is 1. The van der Waals surface area contributed by atoms with E-state index < -0.39 is 6.10 Å². The molecule has 35 heavy (non-hydrogen) atoms. The van der Waals surface area contributed by atoms with Gasteiger partial charge in [-0.15, -0.1) is 0 Å². The van der Waals surface area contributed by atoms with Gasteiger partial charge in [0, 0.05) is 55.2 Å². The van der Waals surface area contributed by atoms with Gasteiger partial charge in [0.25, 0.3) is 5.91 Å². The molecule has 1 aliphatic carbocycles. The van der Waals surface area contributed by atoms with E-state index in [0.717, 1.165) is 51.9 Å². The Morgan fingerprint density at radius 1 is 1.11 bits per heavy atom. The summed E-state index contributed by atoms with van der Waals surface area (Å²) in [5.41, 5.74) is 4.78. The van der Waals surface area contributed by atoms with E-state index >= 15 is 0 Å². The molecule has 0 radical (unpaired) electrons. The molecule has 1 unspecified atom stereocenters. The zero-order valence-electron chi connectivity index (χ0n) is 20.1. The summed E-state index contributed by atoms with van der Waals surface area (Å²) in [6.07, 6.45) is 4.33. The molecule has 2 aromatic heterocycles. The number of methoxy groups -OCH3 is 2. The van der Waals surface area contributed by atoms with Crippen LogP contribution in [0.15, 0.2) is 67.0 Å². The van der Waals surface area contributed by atoms with E-state index in [1.807, 2.05) is 48.7 Å². The number of rotatable bonds is 8. The Hall–Kier alpha value is -3.68. The first-order valence-corrected chi connectivity index (χ1v) is 11.6. The van der Waals surface area contributed by atoms with Crippen molar-refractivity contribution in [3.8, 4) is 28.0 Å². The Bertz CT molecular complexity index is 1380. The third-order valence-electron chi connectivity index (χ3n) is 6.84. The molecule has 0 aliphatic heterocycles. The van der Waals surface area contributed by atoms with Crippen LogP contribution in [-0.4, -0.2) is 59.3 Å². The van der Waals surface area contributed by atoms with E-state index in [1.165, 1.54) is 0 Å². The summed E-state index contributed by atoms with van der Waals surface area (Å²) in [5.74, 6) is 0.441. The number of fused-ring (bicyclic) bond motifs is 1. The van der Waals surface area contributed by atoms with Gasteiger partial charge in [0.05, 0.1) is 12.7 Å². The summed E-state index contributed by atoms with van der Waals surface area (Å²) in [6, 6.07) is 17.3. The fourth-order valence-electron chi connectivity index (χ4n) is 4.57. The lowest BCUT2D eigenvalue weighted by molar-refractivity contribution is -0.141. The van der Waals surface area contributed by atoms with Crippen LogP contribution in [0.1, 0.15) is 24.5 Å². The minimum absolute atomic E-state index is 0.261. The first kappa shape index (κ1) is 23.1. The SMILES string of the molecule is COc1ccccc1-c1c[nH]c2ncc(-c3cccc(C(O)C(=O)N(C)CC4(OC)CC4)c3)cc12. The topological polar surface area (TPSA) is 87.7 Å². The molecule has 1 atom stereocenters. The van der Waals surface area contributed by atoms with Crippen LogP contribution < -0.4 is 4.74 Å². The van der Waals surface area contributed by atoms with Crippen molar-refractivity contribution in [2.75, 3.05) is 27.8 Å². The normalized spacial score (nSPS) is 15.1. The summed E-state index contributed by atoms with van der Waals surface area (Å²) >= 11 is 0. The lowest BCUT2D eigenvalue weighted by Gasteiger charge is -2.25. The minimum atomic E-state index is -1.25. The second kappa shape index (κ2) is 9.17. The smallest absolute Gasteiger partial charge is 0.255 e. The molecular formula is C28H29N3O4. The fraction of sp³-hybridized carbons (Fsp3) is 0.286. The Morgan fingerprint density at radius 3 is 2.66 bits per heavy atom. The van der Waals surface area contributed by atoms with E-state index in [9.17, 15) is 9.90 Å². The number of hydrogen-bond donors (Lipinski definition) is 2. The number of para-hydroxylation sites is 1. The number of pyridine rings is 1. The van der Waals surface area contributed by atoms with Crippen molar-refractivity contribution >= 4 is 16.9 Å². The molecule has 1 saturated carbocycles. The third kappa shape index (κ3) is 4.40. The average Bonchev–Trinajstić information content (AvgIpc) is 3.55. The first-order valence-electron chi connectivity index (χ1n) is 11.6. The number of aromatic nitrogens is 2. The van der Waals surface area contributed by atoms with Crippen LogP contribution in [-0.2, 0) is 9.53 Å². The van der Waals surface area contributed by atoms with Crippen molar-refractivity contribution in [3.63, 3.8) is 0 Å². The Labute approximate surface area is 204 Å². The molecule has 0 bridgehead atoms. The maximum atomic E-state index is 12.9. The zero-order valence-corrected chi connectivity index (χ0v) is 20.1. The summed E-state index contributed by atoms with van der Waals surface area (Å²) in [6.45, 7) is 0.471. The quantitative estimate of drug-likeness (QED) is 0.393. The Morgan fingerprint density at radius 2 is 1.91 bits per heavy atom. The third-order valence-corrected chi connectivity index (χ3v) is 6.84. The van der Waals surface area contributed by atoms with E-state index in [2.05, 4.69) is 16.0 Å². The molecule has 1 fully saturated rings. The molecule has 1 aliphatic rings. The molecule has 7 heteroatoms. The van der Waals surface area contributed by atoms with Crippen molar-refractivity contribution in [2.24, 2.45) is 0 Å². The number of H-pyrrole nitrogens is 1. The van der Waals surface area contributed by atoms with Crippen LogP contribution in [0.3, 0.4) is 0 Å². The average molecular weight is 472 g/mol. The van der Waals surface area contributed by atoms with Crippen molar-refractivity contribution in [1.29, 1.82) is 0 Å². The number of nitrogens with zero attached hydrogens (tertiary/aromatic N) is 2. The number of aromatic amines is 1. The van der Waals surface area contributed by atoms with E-state index in [-0.39, 0.29) is 11.5 Å². The van der Waals surface area contributed by atoms with Gasteiger partial charge in [-0.1, -0.05) is 36.4 Å². The Balaban J connectivity index is 1.44. The van der Waals surface area contributed by atoms with Gasteiger partial charge in [-0.25, -0.2) is 4.98 Å². The number of likely N-dealkylation sites (N-methyl/N-ethyl adjacent to an activating group) is 1. The van der Waals surface area contributed by atoms with Crippen molar-refractivity contribution in [2.45, 2.75) is 24.5 Å². The largest absolute Gasteiger partial charge is 0.496 e. The first-order chi connectivity index (χ1) is 16.9. The fourth-order valence-corrected chi connectivity index (χ4v) is 4.57. The van der Waals surface area contributed by atoms with Crippen molar-refractivity contribution in [3.05, 3.63) is 72.6 Å². The highest BCUT2D eigenvalue weighted by Gasteiger charge is 2.45. The monoisotopic (exact) mass is 471 g/mol. The van der Waals surface area contributed by atoms with E-state index in [4.69, 9.17) is 9.47 Å². The molecule has 2 aromatic carbocycles. The minimum Gasteiger partial charge on any atom is -0.496 e. The molecule has 2 N–H and O–H groups in total. The van der Waals surface area contributed by atoms with Crippen LogP contribution in [0.25, 0.3) is 33.3 Å². The molecule has 7 nitrogen and oxygen atoms in total. The molecule has 1 amide bonds. The number of amides is 1. The van der Waals surface area contributed by atoms with Crippen LogP contribution in [0.4, 0.5) is 0 Å². The number of aliphatic hydroxyl groups is 1. The van der Waals surface area contributed by atoms with Crippen LogP contribution >= 0.6 is 0 Å². The summed E-state index contributed by atoms with van der Waals surface area (Å²) in [5, 5.41) is 11.8. The second-order valence-electron chi connectivity index (χ2n) is 9.13. The van der Waals surface area contributed by atoms with Gasteiger partial charge in [-0.3, -0.25) is 4.79 Å². The van der Waals surface area contributed by atoms with Gasteiger partial charge in [-0.05, 0) is 42.2 Å². The molecule has 180 valence electrons. The van der Waals surface area contributed by atoms with Gasteiger partial charge in [0.2, 0.25) is 0 Å². The van der Waals surface area contributed by atoms with Crippen LogP contribution in [0.5, 0.6) is 5.75 Å². The van der Waals surface area contributed by atoms with Crippen LogP contribution in [0.2, 0.25) is 0 Å².